The molecule has 2 rings (SSSR count). The number of methoxy groups -OCH3 is 2. The van der Waals surface area contributed by atoms with Gasteiger partial charge in [0, 0.05) is 17.9 Å². The molecular formula is C18H22N2O5. The van der Waals surface area contributed by atoms with E-state index in [0.717, 1.165) is 17.3 Å². The number of likely N-dealkylation sites (N-methyl/N-ethyl adjacent to an activating group) is 1. The number of ether oxygens (including phenoxy) is 2. The first-order valence-corrected chi connectivity index (χ1v) is 7.87. The molecule has 1 aliphatic rings. The Labute approximate surface area is 146 Å². The summed E-state index contributed by atoms with van der Waals surface area (Å²) in [6.07, 6.45) is 1.02. The summed E-state index contributed by atoms with van der Waals surface area (Å²) in [5.74, 6) is -1.35. The lowest BCUT2D eigenvalue weighted by molar-refractivity contribution is -0.138. The highest BCUT2D eigenvalue weighted by Gasteiger charge is 2.43. The lowest BCUT2D eigenvalue weighted by Crippen LogP contribution is -2.35. The quantitative estimate of drug-likeness (QED) is 0.648. The molecule has 0 aliphatic carbocycles. The molecule has 1 N–H and O–H groups in total. The third-order valence-corrected chi connectivity index (χ3v) is 4.20. The minimum Gasteiger partial charge on any atom is -0.466 e. The first kappa shape index (κ1) is 18.5. The molecular weight excluding hydrogens is 324 g/mol. The molecule has 1 aromatic rings. The van der Waals surface area contributed by atoms with Crippen LogP contribution in [0.1, 0.15) is 26.3 Å². The highest BCUT2D eigenvalue weighted by molar-refractivity contribution is 6.08. The molecule has 0 aromatic heterocycles. The average Bonchev–Trinajstić information content (AvgIpc) is 2.79. The molecule has 0 fully saturated rings. The zero-order chi connectivity index (χ0) is 18.8. The second kappa shape index (κ2) is 6.96. The van der Waals surface area contributed by atoms with Gasteiger partial charge in [-0.15, -0.1) is 0 Å². The fourth-order valence-corrected chi connectivity index (χ4v) is 2.81. The van der Waals surface area contributed by atoms with Crippen molar-refractivity contribution in [2.75, 3.05) is 31.0 Å². The molecule has 7 nitrogen and oxygen atoms in total. The Kier molecular flexibility index (Phi) is 5.15. The molecule has 0 saturated heterocycles. The van der Waals surface area contributed by atoms with Gasteiger partial charge in [0.2, 0.25) is 5.91 Å². The Morgan fingerprint density at radius 1 is 1.24 bits per heavy atom. The van der Waals surface area contributed by atoms with Gasteiger partial charge in [0.15, 0.2) is 0 Å². The van der Waals surface area contributed by atoms with Gasteiger partial charge in [-0.1, -0.05) is 0 Å². The van der Waals surface area contributed by atoms with Crippen molar-refractivity contribution >= 4 is 29.2 Å². The number of hydrogen-bond donors (Lipinski definition) is 1. The lowest BCUT2D eigenvalue weighted by atomic mass is 9.86. The van der Waals surface area contributed by atoms with Crippen molar-refractivity contribution in [2.24, 2.45) is 0 Å². The van der Waals surface area contributed by atoms with E-state index >= 15 is 0 Å². The van der Waals surface area contributed by atoms with Gasteiger partial charge in [0.1, 0.15) is 5.70 Å². The number of carbonyl (C=O) groups is 3. The summed E-state index contributed by atoms with van der Waals surface area (Å²) in [6, 6.07) is 5.36. The average molecular weight is 346 g/mol. The Morgan fingerprint density at radius 2 is 1.92 bits per heavy atom. The van der Waals surface area contributed by atoms with Gasteiger partial charge in [-0.05, 0) is 44.5 Å². The summed E-state index contributed by atoms with van der Waals surface area (Å²) in [4.78, 5) is 37.6. The SMILES string of the molecule is CCN1C(=O)C(C)(C)c2cc(N/C(=C/C(=O)OC)C(=O)OC)ccc21. The predicted octanol–water partition coefficient (Wildman–Crippen LogP) is 1.97. The fraction of sp³-hybridized carbons (Fsp3) is 0.389. The number of fused-ring (bicyclic) bond motifs is 1. The van der Waals surface area contributed by atoms with Crippen LogP contribution < -0.4 is 10.2 Å². The molecule has 134 valence electrons. The van der Waals surface area contributed by atoms with E-state index in [0.29, 0.717) is 12.2 Å². The van der Waals surface area contributed by atoms with Crippen LogP contribution in [0, 0.1) is 0 Å². The molecule has 0 spiro atoms. The maximum atomic E-state index is 12.5. The van der Waals surface area contributed by atoms with E-state index < -0.39 is 17.4 Å². The fourth-order valence-electron chi connectivity index (χ4n) is 2.81. The highest BCUT2D eigenvalue weighted by Crippen LogP contribution is 2.42. The molecule has 1 aromatic carbocycles. The van der Waals surface area contributed by atoms with Gasteiger partial charge in [0.25, 0.3) is 0 Å². The van der Waals surface area contributed by atoms with Crippen molar-refractivity contribution in [3.63, 3.8) is 0 Å². The van der Waals surface area contributed by atoms with Crippen LogP contribution >= 0.6 is 0 Å². The van der Waals surface area contributed by atoms with Crippen LogP contribution in [0.5, 0.6) is 0 Å². The molecule has 7 heteroatoms. The van der Waals surface area contributed by atoms with Crippen LogP contribution in [0.4, 0.5) is 11.4 Å². The zero-order valence-corrected chi connectivity index (χ0v) is 15.0. The number of nitrogens with zero attached hydrogens (tertiary/aromatic N) is 1. The van der Waals surface area contributed by atoms with Gasteiger partial charge >= 0.3 is 11.9 Å². The van der Waals surface area contributed by atoms with E-state index in [9.17, 15) is 14.4 Å². The van der Waals surface area contributed by atoms with Crippen molar-refractivity contribution < 1.29 is 23.9 Å². The topological polar surface area (TPSA) is 84.9 Å². The smallest absolute Gasteiger partial charge is 0.354 e. The summed E-state index contributed by atoms with van der Waals surface area (Å²) in [5, 5.41) is 2.87. The van der Waals surface area contributed by atoms with Gasteiger partial charge in [-0.2, -0.15) is 0 Å². The Bertz CT molecular complexity index is 752. The largest absolute Gasteiger partial charge is 0.466 e. The molecule has 0 bridgehead atoms. The second-order valence-corrected chi connectivity index (χ2v) is 6.10. The third kappa shape index (κ3) is 3.35. The molecule has 25 heavy (non-hydrogen) atoms. The van der Waals surface area contributed by atoms with Crippen LogP contribution in [0.25, 0.3) is 0 Å². The number of esters is 2. The van der Waals surface area contributed by atoms with E-state index in [1.807, 2.05) is 26.8 Å². The first-order chi connectivity index (χ1) is 11.8. The van der Waals surface area contributed by atoms with Crippen molar-refractivity contribution in [3.8, 4) is 0 Å². The minimum absolute atomic E-state index is 0.0282. The van der Waals surface area contributed by atoms with E-state index in [1.54, 1.807) is 17.0 Å². The molecule has 1 heterocycles. The number of hydrogen-bond acceptors (Lipinski definition) is 6. The zero-order valence-electron chi connectivity index (χ0n) is 15.0. The van der Waals surface area contributed by atoms with Crippen LogP contribution in [0.3, 0.4) is 0 Å². The minimum atomic E-state index is -0.698. The van der Waals surface area contributed by atoms with E-state index in [-0.39, 0.29) is 11.6 Å². The van der Waals surface area contributed by atoms with Crippen molar-refractivity contribution in [1.82, 2.24) is 0 Å². The van der Waals surface area contributed by atoms with E-state index in [1.165, 1.54) is 14.2 Å². The lowest BCUT2D eigenvalue weighted by Gasteiger charge is -2.18. The third-order valence-electron chi connectivity index (χ3n) is 4.20. The van der Waals surface area contributed by atoms with Crippen LogP contribution in [-0.2, 0) is 29.3 Å². The Hall–Kier alpha value is -2.83. The molecule has 0 atom stereocenters. The van der Waals surface area contributed by atoms with Gasteiger partial charge in [0.05, 0.1) is 25.7 Å². The van der Waals surface area contributed by atoms with Gasteiger partial charge in [-0.25, -0.2) is 9.59 Å². The molecule has 0 radical (unpaired) electrons. The van der Waals surface area contributed by atoms with Gasteiger partial charge < -0.3 is 19.7 Å². The van der Waals surface area contributed by atoms with E-state index in [4.69, 9.17) is 0 Å². The molecule has 0 unspecified atom stereocenters. The maximum absolute atomic E-state index is 12.5. The monoisotopic (exact) mass is 346 g/mol. The van der Waals surface area contributed by atoms with Crippen LogP contribution in [-0.4, -0.2) is 38.6 Å². The molecule has 1 amide bonds. The normalized spacial score (nSPS) is 15.6. The number of benzene rings is 1. The predicted molar refractivity (Wildman–Crippen MR) is 93.2 cm³/mol. The van der Waals surface area contributed by atoms with Gasteiger partial charge in [-0.3, -0.25) is 4.79 Å². The second-order valence-electron chi connectivity index (χ2n) is 6.10. The van der Waals surface area contributed by atoms with Crippen LogP contribution in [0.15, 0.2) is 30.0 Å². The number of nitrogens with one attached hydrogen (secondary N) is 1. The summed E-state index contributed by atoms with van der Waals surface area (Å²) in [5.41, 5.74) is 1.55. The van der Waals surface area contributed by atoms with Crippen molar-refractivity contribution in [1.29, 1.82) is 0 Å². The number of anilines is 2. The number of rotatable bonds is 5. The Balaban J connectivity index is 2.41. The Morgan fingerprint density at radius 3 is 2.48 bits per heavy atom. The van der Waals surface area contributed by atoms with Crippen molar-refractivity contribution in [2.45, 2.75) is 26.2 Å². The number of amides is 1. The van der Waals surface area contributed by atoms with Crippen molar-refractivity contribution in [3.05, 3.63) is 35.5 Å². The van der Waals surface area contributed by atoms with Crippen LogP contribution in [0.2, 0.25) is 0 Å². The summed E-state index contributed by atoms with van der Waals surface area (Å²) >= 11 is 0. The standard InChI is InChI=1S/C18H22N2O5/c1-6-20-14-8-7-11(9-12(14)18(2,3)17(20)23)19-13(16(22)25-5)10-15(21)24-4/h7-10,19H,6H2,1-5H3/b13-10+. The summed E-state index contributed by atoms with van der Waals surface area (Å²) in [6.45, 7) is 6.22. The summed E-state index contributed by atoms with van der Waals surface area (Å²) < 4.78 is 9.22. The van der Waals surface area contributed by atoms with E-state index in [2.05, 4.69) is 14.8 Å². The molecule has 1 aliphatic heterocycles. The maximum Gasteiger partial charge on any atom is 0.354 e. The summed E-state index contributed by atoms with van der Waals surface area (Å²) in [7, 11) is 2.44. The highest BCUT2D eigenvalue weighted by atomic mass is 16.5. The first-order valence-electron chi connectivity index (χ1n) is 7.87. The molecule has 0 saturated carbocycles. The number of carbonyl (C=O) groups excluding carboxylic acids is 3.